The summed E-state index contributed by atoms with van der Waals surface area (Å²) in [5, 5.41) is 3.24. The monoisotopic (exact) mass is 206 g/mol. The van der Waals surface area contributed by atoms with Gasteiger partial charge < -0.3 is 10.2 Å². The number of rotatable bonds is 3. The van der Waals surface area contributed by atoms with Gasteiger partial charge in [-0.3, -0.25) is 4.79 Å². The molecule has 1 aliphatic heterocycles. The van der Waals surface area contributed by atoms with Gasteiger partial charge in [0.2, 0.25) is 5.91 Å². The summed E-state index contributed by atoms with van der Waals surface area (Å²) in [4.78, 5) is 13.5. The summed E-state index contributed by atoms with van der Waals surface area (Å²) in [6, 6.07) is 0.0868. The molecule has 1 N–H and O–H groups in total. The van der Waals surface area contributed by atoms with Crippen molar-refractivity contribution < 1.29 is 4.79 Å². The number of halogens is 1. The summed E-state index contributed by atoms with van der Waals surface area (Å²) in [5.74, 6) is 0.283. The Kier molecular flexibility index (Phi) is 6.08. The molecule has 1 aliphatic rings. The molecule has 0 aliphatic carbocycles. The highest BCUT2D eigenvalue weighted by Gasteiger charge is 2.25. The molecule has 1 amide bonds. The van der Waals surface area contributed by atoms with Crippen molar-refractivity contribution in [3.05, 3.63) is 0 Å². The third-order valence-electron chi connectivity index (χ3n) is 2.34. The van der Waals surface area contributed by atoms with E-state index in [0.29, 0.717) is 0 Å². The molecule has 0 bridgehead atoms. The summed E-state index contributed by atoms with van der Waals surface area (Å²) in [7, 11) is 0. The molecule has 1 saturated heterocycles. The van der Waals surface area contributed by atoms with Crippen LogP contribution in [-0.4, -0.2) is 36.5 Å². The molecule has 13 heavy (non-hydrogen) atoms. The third-order valence-corrected chi connectivity index (χ3v) is 2.34. The number of carbonyl (C=O) groups excluding carboxylic acids is 1. The zero-order chi connectivity index (χ0) is 8.97. The Bertz CT molecular complexity index is 162. The number of likely N-dealkylation sites (N-methyl/N-ethyl adjacent to an activating group) is 1. The van der Waals surface area contributed by atoms with Gasteiger partial charge in [-0.25, -0.2) is 0 Å². The average molecular weight is 207 g/mol. The van der Waals surface area contributed by atoms with Gasteiger partial charge in [0.1, 0.15) is 0 Å². The van der Waals surface area contributed by atoms with Crippen LogP contribution in [0.5, 0.6) is 0 Å². The van der Waals surface area contributed by atoms with Gasteiger partial charge in [0, 0.05) is 19.6 Å². The zero-order valence-corrected chi connectivity index (χ0v) is 9.19. The minimum Gasteiger partial charge on any atom is -0.340 e. The molecular formula is C9H19ClN2O. The van der Waals surface area contributed by atoms with E-state index in [1.165, 1.54) is 0 Å². The number of carbonyl (C=O) groups is 1. The summed E-state index contributed by atoms with van der Waals surface area (Å²) >= 11 is 0. The Hall–Kier alpha value is -0.280. The highest BCUT2D eigenvalue weighted by molar-refractivity contribution is 5.85. The van der Waals surface area contributed by atoms with Gasteiger partial charge in [-0.2, -0.15) is 0 Å². The van der Waals surface area contributed by atoms with Crippen LogP contribution >= 0.6 is 12.4 Å². The van der Waals surface area contributed by atoms with Crippen LogP contribution in [0.25, 0.3) is 0 Å². The first kappa shape index (κ1) is 12.7. The van der Waals surface area contributed by atoms with Crippen LogP contribution in [0, 0.1) is 0 Å². The Morgan fingerprint density at radius 3 is 2.77 bits per heavy atom. The summed E-state index contributed by atoms with van der Waals surface area (Å²) in [6.45, 7) is 6.81. The maximum Gasteiger partial charge on any atom is 0.239 e. The van der Waals surface area contributed by atoms with Crippen LogP contribution < -0.4 is 5.32 Å². The van der Waals surface area contributed by atoms with Crippen molar-refractivity contribution in [1.82, 2.24) is 10.2 Å². The molecule has 3 nitrogen and oxygen atoms in total. The number of nitrogens with zero attached hydrogens (tertiary/aromatic N) is 1. The van der Waals surface area contributed by atoms with E-state index in [1.807, 2.05) is 11.8 Å². The van der Waals surface area contributed by atoms with Crippen molar-refractivity contribution in [1.29, 1.82) is 0 Å². The first-order valence-electron chi connectivity index (χ1n) is 4.81. The first-order valence-corrected chi connectivity index (χ1v) is 4.81. The maximum absolute atomic E-state index is 11.6. The summed E-state index contributed by atoms with van der Waals surface area (Å²) < 4.78 is 0. The van der Waals surface area contributed by atoms with Crippen LogP contribution in [0.2, 0.25) is 0 Å². The second kappa shape index (κ2) is 6.22. The van der Waals surface area contributed by atoms with E-state index in [0.717, 1.165) is 32.5 Å². The minimum atomic E-state index is 0. The topological polar surface area (TPSA) is 32.3 Å². The Morgan fingerprint density at radius 2 is 2.23 bits per heavy atom. The number of hydrogen-bond acceptors (Lipinski definition) is 2. The molecule has 0 aromatic heterocycles. The molecule has 0 saturated carbocycles. The molecule has 1 heterocycles. The Morgan fingerprint density at radius 1 is 1.54 bits per heavy atom. The molecule has 1 rings (SSSR count). The van der Waals surface area contributed by atoms with Crippen molar-refractivity contribution in [2.24, 2.45) is 0 Å². The van der Waals surface area contributed by atoms with Gasteiger partial charge in [0.25, 0.3) is 0 Å². The first-order chi connectivity index (χ1) is 5.79. The smallest absolute Gasteiger partial charge is 0.239 e. The zero-order valence-electron chi connectivity index (χ0n) is 8.38. The van der Waals surface area contributed by atoms with Crippen molar-refractivity contribution >= 4 is 18.3 Å². The summed E-state index contributed by atoms with van der Waals surface area (Å²) in [6.07, 6.45) is 2.04. The van der Waals surface area contributed by atoms with Gasteiger partial charge in [-0.05, 0) is 13.3 Å². The van der Waals surface area contributed by atoms with Crippen molar-refractivity contribution in [3.63, 3.8) is 0 Å². The largest absolute Gasteiger partial charge is 0.340 e. The Labute approximate surface area is 86.3 Å². The van der Waals surface area contributed by atoms with Gasteiger partial charge in [0.05, 0.1) is 6.04 Å². The van der Waals surface area contributed by atoms with E-state index in [9.17, 15) is 4.79 Å². The van der Waals surface area contributed by atoms with E-state index >= 15 is 0 Å². The second-order valence-electron chi connectivity index (χ2n) is 3.21. The fourth-order valence-corrected chi connectivity index (χ4v) is 1.62. The van der Waals surface area contributed by atoms with E-state index in [4.69, 9.17) is 0 Å². The number of nitrogens with one attached hydrogen (secondary N) is 1. The molecule has 0 aromatic rings. The lowest BCUT2D eigenvalue weighted by atomic mass is 10.1. The SMILES string of the molecule is CCCC1NCCN(CC)C1=O.Cl. The highest BCUT2D eigenvalue weighted by atomic mass is 35.5. The average Bonchev–Trinajstić information content (AvgIpc) is 2.09. The van der Waals surface area contributed by atoms with E-state index in [-0.39, 0.29) is 24.4 Å². The number of piperazine rings is 1. The van der Waals surface area contributed by atoms with Crippen molar-refractivity contribution in [3.8, 4) is 0 Å². The van der Waals surface area contributed by atoms with Crippen LogP contribution in [0.3, 0.4) is 0 Å². The molecule has 1 unspecified atom stereocenters. The van der Waals surface area contributed by atoms with E-state index in [1.54, 1.807) is 0 Å². The molecular weight excluding hydrogens is 188 g/mol. The molecule has 0 aromatic carbocycles. The maximum atomic E-state index is 11.6. The molecule has 1 atom stereocenters. The highest BCUT2D eigenvalue weighted by Crippen LogP contribution is 2.05. The van der Waals surface area contributed by atoms with E-state index < -0.39 is 0 Å². The molecule has 0 radical (unpaired) electrons. The fourth-order valence-electron chi connectivity index (χ4n) is 1.62. The van der Waals surface area contributed by atoms with E-state index in [2.05, 4.69) is 12.2 Å². The molecule has 78 valence electrons. The van der Waals surface area contributed by atoms with Gasteiger partial charge in [-0.15, -0.1) is 12.4 Å². The standard InChI is InChI=1S/C9H18N2O.ClH/c1-3-5-8-9(12)11(4-2)7-6-10-8;/h8,10H,3-7H2,1-2H3;1H. The minimum absolute atomic E-state index is 0. The fraction of sp³-hybridized carbons (Fsp3) is 0.889. The normalized spacial score (nSPS) is 22.8. The number of amides is 1. The summed E-state index contributed by atoms with van der Waals surface area (Å²) in [5.41, 5.74) is 0. The lowest BCUT2D eigenvalue weighted by Crippen LogP contribution is -2.54. The van der Waals surface area contributed by atoms with Crippen LogP contribution in [0.4, 0.5) is 0 Å². The lowest BCUT2D eigenvalue weighted by Gasteiger charge is -2.32. The second-order valence-corrected chi connectivity index (χ2v) is 3.21. The van der Waals surface area contributed by atoms with Gasteiger partial charge in [-0.1, -0.05) is 13.3 Å². The molecule has 1 fully saturated rings. The van der Waals surface area contributed by atoms with Crippen molar-refractivity contribution in [2.45, 2.75) is 32.7 Å². The van der Waals surface area contributed by atoms with Crippen molar-refractivity contribution in [2.75, 3.05) is 19.6 Å². The quantitative estimate of drug-likeness (QED) is 0.748. The van der Waals surface area contributed by atoms with Gasteiger partial charge >= 0.3 is 0 Å². The van der Waals surface area contributed by atoms with Crippen LogP contribution in [0.15, 0.2) is 0 Å². The van der Waals surface area contributed by atoms with Crippen LogP contribution in [0.1, 0.15) is 26.7 Å². The Balaban J connectivity index is 0.00000144. The van der Waals surface area contributed by atoms with Crippen LogP contribution in [-0.2, 0) is 4.79 Å². The third kappa shape index (κ3) is 3.16. The molecule has 0 spiro atoms. The number of hydrogen-bond donors (Lipinski definition) is 1. The molecule has 4 heteroatoms. The predicted molar refractivity (Wildman–Crippen MR) is 56.2 cm³/mol. The lowest BCUT2D eigenvalue weighted by molar-refractivity contribution is -0.135. The predicted octanol–water partition coefficient (Wildman–Crippen LogP) is 1.03. The van der Waals surface area contributed by atoms with Gasteiger partial charge in [0.15, 0.2) is 0 Å².